The van der Waals surface area contributed by atoms with E-state index in [0.29, 0.717) is 0 Å². The van der Waals surface area contributed by atoms with Crippen molar-refractivity contribution < 1.29 is 34.2 Å². The molecule has 0 aromatic heterocycles. The zero-order valence-electron chi connectivity index (χ0n) is 14.0. The number of carboxylic acids is 2. The fourth-order valence-electron chi connectivity index (χ4n) is 1.86. The third-order valence-corrected chi connectivity index (χ3v) is 3.29. The van der Waals surface area contributed by atoms with Gasteiger partial charge in [0.1, 0.15) is 12.1 Å². The molecule has 142 valence electrons. The van der Waals surface area contributed by atoms with Gasteiger partial charge < -0.3 is 32.3 Å². The first-order valence-corrected chi connectivity index (χ1v) is 7.54. The van der Waals surface area contributed by atoms with Crippen LogP contribution in [0.3, 0.4) is 0 Å². The molecule has 25 heavy (non-hydrogen) atoms. The normalized spacial score (nSPS) is 14.2. The van der Waals surface area contributed by atoms with Crippen molar-refractivity contribution in [3.05, 3.63) is 0 Å². The summed E-state index contributed by atoms with van der Waals surface area (Å²) in [6, 6.07) is -3.65. The number of hydrogen-bond acceptors (Lipinski definition) is 6. The highest BCUT2D eigenvalue weighted by Crippen LogP contribution is 2.05. The van der Waals surface area contributed by atoms with Gasteiger partial charge in [-0.15, -0.1) is 0 Å². The summed E-state index contributed by atoms with van der Waals surface area (Å²) in [6.45, 7) is 3.23. The molecule has 11 nitrogen and oxygen atoms in total. The van der Waals surface area contributed by atoms with Gasteiger partial charge in [-0.1, -0.05) is 13.8 Å². The molecule has 0 saturated heterocycles. The molecule has 8 N–H and O–H groups in total. The number of amides is 3. The molecule has 0 fully saturated rings. The van der Waals surface area contributed by atoms with Crippen LogP contribution >= 0.6 is 0 Å². The van der Waals surface area contributed by atoms with Crippen molar-refractivity contribution in [2.24, 2.45) is 17.4 Å². The molecule has 0 rings (SSSR count). The summed E-state index contributed by atoms with van der Waals surface area (Å²) in [5, 5.41) is 21.9. The molecule has 0 radical (unpaired) electrons. The maximum absolute atomic E-state index is 12.2. The third-order valence-electron chi connectivity index (χ3n) is 3.29. The Bertz CT molecular complexity index is 535. The summed E-state index contributed by atoms with van der Waals surface area (Å²) in [4.78, 5) is 56.6. The standard InChI is InChI=1S/C14H24N4O7/c1-6(2)11(18-13(24)7(15)3-4-9(19)20)14(25)17-8(12(16)23)5-10(21)22/h6-8,11H,3-5,15H2,1-2H3,(H2,16,23)(H,17,25)(H,18,24)(H,19,20)(H,21,22)/t7-,8-,11-/m0/s1. The van der Waals surface area contributed by atoms with E-state index in [0.717, 1.165) is 0 Å². The molecule has 0 bridgehead atoms. The molecule has 0 aromatic carbocycles. The molecule has 0 spiro atoms. The molecule has 3 atom stereocenters. The van der Waals surface area contributed by atoms with E-state index in [4.69, 9.17) is 21.7 Å². The van der Waals surface area contributed by atoms with Crippen LogP contribution in [0.1, 0.15) is 33.1 Å². The van der Waals surface area contributed by atoms with Crippen LogP contribution in [-0.2, 0) is 24.0 Å². The van der Waals surface area contributed by atoms with E-state index in [1.165, 1.54) is 0 Å². The topological polar surface area (TPSA) is 202 Å². The van der Waals surface area contributed by atoms with E-state index in [1.807, 2.05) is 0 Å². The van der Waals surface area contributed by atoms with Crippen LogP contribution in [0.4, 0.5) is 0 Å². The molecule has 0 unspecified atom stereocenters. The van der Waals surface area contributed by atoms with Gasteiger partial charge in [0.25, 0.3) is 0 Å². The number of hydrogen-bond donors (Lipinski definition) is 6. The number of nitrogens with one attached hydrogen (secondary N) is 2. The maximum Gasteiger partial charge on any atom is 0.305 e. The second kappa shape index (κ2) is 10.2. The minimum absolute atomic E-state index is 0.115. The van der Waals surface area contributed by atoms with E-state index < -0.39 is 60.1 Å². The van der Waals surface area contributed by atoms with Crippen LogP contribution in [0.25, 0.3) is 0 Å². The van der Waals surface area contributed by atoms with E-state index in [9.17, 15) is 24.0 Å². The lowest BCUT2D eigenvalue weighted by Crippen LogP contribution is -2.57. The minimum Gasteiger partial charge on any atom is -0.481 e. The molecule has 0 saturated carbocycles. The molecule has 0 heterocycles. The van der Waals surface area contributed by atoms with Crippen LogP contribution in [0.5, 0.6) is 0 Å². The Morgan fingerprint density at radius 2 is 1.52 bits per heavy atom. The number of primary amides is 1. The molecular weight excluding hydrogens is 336 g/mol. The predicted molar refractivity (Wildman–Crippen MR) is 85.0 cm³/mol. The third kappa shape index (κ3) is 8.65. The first-order chi connectivity index (χ1) is 11.5. The average Bonchev–Trinajstić information content (AvgIpc) is 2.47. The Morgan fingerprint density at radius 1 is 0.960 bits per heavy atom. The molecule has 11 heteroatoms. The number of aliphatic carboxylic acids is 2. The van der Waals surface area contributed by atoms with Crippen LogP contribution in [0, 0.1) is 5.92 Å². The van der Waals surface area contributed by atoms with E-state index in [-0.39, 0.29) is 12.8 Å². The second-order valence-corrected chi connectivity index (χ2v) is 5.83. The van der Waals surface area contributed by atoms with Crippen molar-refractivity contribution >= 4 is 29.7 Å². The molecule has 0 aliphatic rings. The van der Waals surface area contributed by atoms with Crippen molar-refractivity contribution in [1.82, 2.24) is 10.6 Å². The minimum atomic E-state index is -1.43. The first kappa shape index (κ1) is 22.3. The summed E-state index contributed by atoms with van der Waals surface area (Å²) in [5.41, 5.74) is 10.6. The lowest BCUT2D eigenvalue weighted by molar-refractivity contribution is -0.141. The van der Waals surface area contributed by atoms with Crippen molar-refractivity contribution in [3.63, 3.8) is 0 Å². The Balaban J connectivity index is 4.94. The van der Waals surface area contributed by atoms with Gasteiger partial charge in [0.05, 0.1) is 12.5 Å². The Kier molecular flexibility index (Phi) is 9.13. The Morgan fingerprint density at radius 3 is 1.92 bits per heavy atom. The van der Waals surface area contributed by atoms with Gasteiger partial charge in [-0.3, -0.25) is 24.0 Å². The van der Waals surface area contributed by atoms with Crippen LogP contribution in [0.15, 0.2) is 0 Å². The molecule has 0 aliphatic heterocycles. The van der Waals surface area contributed by atoms with E-state index in [1.54, 1.807) is 13.8 Å². The summed E-state index contributed by atoms with van der Waals surface area (Å²) in [7, 11) is 0. The fraction of sp³-hybridized carbons (Fsp3) is 0.643. The van der Waals surface area contributed by atoms with Crippen molar-refractivity contribution in [3.8, 4) is 0 Å². The van der Waals surface area contributed by atoms with Gasteiger partial charge in [-0.2, -0.15) is 0 Å². The molecule has 0 aromatic rings. The van der Waals surface area contributed by atoms with Crippen molar-refractivity contribution in [2.75, 3.05) is 0 Å². The average molecular weight is 360 g/mol. The number of rotatable bonds is 11. The highest BCUT2D eigenvalue weighted by Gasteiger charge is 2.30. The smallest absolute Gasteiger partial charge is 0.305 e. The van der Waals surface area contributed by atoms with Crippen molar-refractivity contribution in [2.45, 2.75) is 51.2 Å². The number of carbonyl (C=O) groups is 5. The summed E-state index contributed by atoms with van der Waals surface area (Å²) in [6.07, 6.45) is -1.12. The zero-order chi connectivity index (χ0) is 19.7. The molecular formula is C14H24N4O7. The number of carbonyl (C=O) groups excluding carboxylic acids is 3. The van der Waals surface area contributed by atoms with Crippen LogP contribution in [0.2, 0.25) is 0 Å². The summed E-state index contributed by atoms with van der Waals surface area (Å²) >= 11 is 0. The van der Waals surface area contributed by atoms with Gasteiger partial charge in [0.15, 0.2) is 0 Å². The monoisotopic (exact) mass is 360 g/mol. The lowest BCUT2D eigenvalue weighted by Gasteiger charge is -2.25. The first-order valence-electron chi connectivity index (χ1n) is 7.54. The highest BCUT2D eigenvalue weighted by atomic mass is 16.4. The summed E-state index contributed by atoms with van der Waals surface area (Å²) in [5.74, 6) is -5.40. The Hall–Kier alpha value is -2.69. The summed E-state index contributed by atoms with van der Waals surface area (Å²) < 4.78 is 0. The van der Waals surface area contributed by atoms with Crippen molar-refractivity contribution in [1.29, 1.82) is 0 Å². The predicted octanol–water partition coefficient (Wildman–Crippen LogP) is -2.24. The number of carboxylic acid groups (broad SMARTS) is 2. The quantitative estimate of drug-likeness (QED) is 0.237. The molecule has 3 amide bonds. The maximum atomic E-state index is 12.2. The molecule has 0 aliphatic carbocycles. The number of nitrogens with two attached hydrogens (primary N) is 2. The van der Waals surface area contributed by atoms with Gasteiger partial charge in [-0.05, 0) is 12.3 Å². The lowest BCUT2D eigenvalue weighted by atomic mass is 10.0. The van der Waals surface area contributed by atoms with Gasteiger partial charge in [-0.25, -0.2) is 0 Å². The van der Waals surface area contributed by atoms with Crippen LogP contribution < -0.4 is 22.1 Å². The zero-order valence-corrected chi connectivity index (χ0v) is 14.0. The SMILES string of the molecule is CC(C)[C@H](NC(=O)[C@@H](N)CCC(=O)O)C(=O)N[C@@H](CC(=O)O)C(N)=O. The largest absolute Gasteiger partial charge is 0.481 e. The highest BCUT2D eigenvalue weighted by molar-refractivity contribution is 5.94. The van der Waals surface area contributed by atoms with Gasteiger partial charge in [0.2, 0.25) is 17.7 Å². The fourth-order valence-corrected chi connectivity index (χ4v) is 1.86. The van der Waals surface area contributed by atoms with Gasteiger partial charge >= 0.3 is 11.9 Å². The van der Waals surface area contributed by atoms with E-state index in [2.05, 4.69) is 10.6 Å². The Labute approximate surface area is 144 Å². The second-order valence-electron chi connectivity index (χ2n) is 5.83. The van der Waals surface area contributed by atoms with E-state index >= 15 is 0 Å². The van der Waals surface area contributed by atoms with Crippen LogP contribution in [-0.4, -0.2) is 58.0 Å². The van der Waals surface area contributed by atoms with Gasteiger partial charge in [0, 0.05) is 6.42 Å².